The van der Waals surface area contributed by atoms with E-state index < -0.39 is 17.1 Å². The van der Waals surface area contributed by atoms with Crippen molar-refractivity contribution in [1.82, 2.24) is 10.2 Å². The summed E-state index contributed by atoms with van der Waals surface area (Å²) in [6, 6.07) is 14.7. The van der Waals surface area contributed by atoms with E-state index in [0.717, 1.165) is 14.7 Å². The number of rotatable bonds is 5. The van der Waals surface area contributed by atoms with E-state index in [1.54, 1.807) is 11.0 Å². The molecule has 6 heteroatoms. The summed E-state index contributed by atoms with van der Waals surface area (Å²) < 4.78 is 1.12. The maximum atomic E-state index is 13.5. The number of carbonyl (C=O) groups is 2. The average Bonchev–Trinajstić information content (AvgIpc) is 2.73. The van der Waals surface area contributed by atoms with Gasteiger partial charge in [0.05, 0.1) is 5.60 Å². The van der Waals surface area contributed by atoms with Gasteiger partial charge >= 0.3 is 0 Å². The summed E-state index contributed by atoms with van der Waals surface area (Å²) in [6.07, 6.45) is 0.447. The molecule has 1 heterocycles. The molecule has 1 aliphatic heterocycles. The van der Waals surface area contributed by atoms with E-state index in [2.05, 4.69) is 27.9 Å². The second-order valence-electron chi connectivity index (χ2n) is 9.83. The van der Waals surface area contributed by atoms with Crippen molar-refractivity contribution in [1.29, 1.82) is 0 Å². The van der Waals surface area contributed by atoms with Crippen molar-refractivity contribution in [3.8, 4) is 0 Å². The number of aliphatic hydroxyl groups is 1. The number of benzene rings is 2. The molecule has 2 aromatic carbocycles. The Bertz CT molecular complexity index is 987. The molecule has 172 valence electrons. The Hall–Kier alpha value is -1.93. The van der Waals surface area contributed by atoms with Gasteiger partial charge in [-0.1, -0.05) is 57.5 Å². The summed E-state index contributed by atoms with van der Waals surface area (Å²) in [4.78, 5) is 28.1. The van der Waals surface area contributed by atoms with Crippen LogP contribution in [-0.2, 0) is 10.4 Å². The zero-order chi connectivity index (χ0) is 23.7. The first-order chi connectivity index (χ1) is 14.9. The van der Waals surface area contributed by atoms with Crippen LogP contribution in [0.2, 0.25) is 0 Å². The second kappa shape index (κ2) is 9.51. The normalized spacial score (nSPS) is 21.3. The molecule has 1 fully saturated rings. The molecule has 2 aromatic rings. The van der Waals surface area contributed by atoms with Gasteiger partial charge in [-0.25, -0.2) is 0 Å². The molecule has 32 heavy (non-hydrogen) atoms. The Morgan fingerprint density at radius 2 is 1.78 bits per heavy atom. The highest BCUT2D eigenvalue weighted by molar-refractivity contribution is 14.1. The molecule has 5 nitrogen and oxygen atoms in total. The maximum absolute atomic E-state index is 13.5. The molecule has 1 saturated heterocycles. The summed E-state index contributed by atoms with van der Waals surface area (Å²) in [6.45, 7) is 10.7. The molecular formula is C26H33IN2O3. The Labute approximate surface area is 204 Å². The van der Waals surface area contributed by atoms with Crippen LogP contribution in [0.3, 0.4) is 0 Å². The molecule has 2 atom stereocenters. The highest BCUT2D eigenvalue weighted by Gasteiger charge is 2.50. The lowest BCUT2D eigenvalue weighted by atomic mass is 9.66. The molecule has 0 radical (unpaired) electrons. The molecule has 2 amide bonds. The fraction of sp³-hybridized carbons (Fsp3) is 0.462. The lowest BCUT2D eigenvalue weighted by molar-refractivity contribution is -0.155. The molecule has 0 spiro atoms. The van der Waals surface area contributed by atoms with Gasteiger partial charge in [-0.05, 0) is 71.7 Å². The van der Waals surface area contributed by atoms with Crippen LogP contribution in [0, 0.1) is 21.8 Å². The quantitative estimate of drug-likeness (QED) is 0.541. The highest BCUT2D eigenvalue weighted by atomic mass is 127. The summed E-state index contributed by atoms with van der Waals surface area (Å²) in [5.41, 5.74) is 0.860. The summed E-state index contributed by atoms with van der Waals surface area (Å²) in [7, 11) is 0. The molecule has 3 rings (SSSR count). The van der Waals surface area contributed by atoms with Crippen molar-refractivity contribution in [3.05, 3.63) is 68.8 Å². The lowest BCUT2D eigenvalue weighted by Crippen LogP contribution is -2.60. The van der Waals surface area contributed by atoms with Gasteiger partial charge in [0.25, 0.3) is 5.91 Å². The second-order valence-corrected chi connectivity index (χ2v) is 11.1. The summed E-state index contributed by atoms with van der Waals surface area (Å²) in [5.74, 6) is -0.400. The minimum absolute atomic E-state index is 0.0589. The Balaban J connectivity index is 1.77. The van der Waals surface area contributed by atoms with Gasteiger partial charge in [-0.15, -0.1) is 0 Å². The maximum Gasteiger partial charge on any atom is 0.251 e. The number of piperidine rings is 1. The molecule has 0 aliphatic carbocycles. The fourth-order valence-corrected chi connectivity index (χ4v) is 4.85. The number of aryl methyl sites for hydroxylation is 1. The van der Waals surface area contributed by atoms with Crippen molar-refractivity contribution < 1.29 is 14.7 Å². The fourth-order valence-electron chi connectivity index (χ4n) is 4.49. The first kappa shape index (κ1) is 24.7. The van der Waals surface area contributed by atoms with E-state index in [0.29, 0.717) is 25.1 Å². The summed E-state index contributed by atoms with van der Waals surface area (Å²) in [5, 5.41) is 14.6. The Morgan fingerprint density at radius 3 is 2.34 bits per heavy atom. The Kier molecular flexibility index (Phi) is 7.34. The SMILES string of the molecule is Cc1cccc(C(=O)N[C@@H](C(=O)N2CC[C@](O)(c3ccc(I)cc3)C(C)(C)C2)C(C)C)c1. The predicted molar refractivity (Wildman–Crippen MR) is 135 cm³/mol. The lowest BCUT2D eigenvalue weighted by Gasteiger charge is -2.51. The van der Waals surface area contributed by atoms with Crippen LogP contribution in [-0.4, -0.2) is 41.0 Å². The van der Waals surface area contributed by atoms with Crippen molar-refractivity contribution in [2.24, 2.45) is 11.3 Å². The van der Waals surface area contributed by atoms with Crippen molar-refractivity contribution in [3.63, 3.8) is 0 Å². The zero-order valence-electron chi connectivity index (χ0n) is 19.5. The van der Waals surface area contributed by atoms with E-state index in [-0.39, 0.29) is 17.7 Å². The van der Waals surface area contributed by atoms with Gasteiger partial charge < -0.3 is 15.3 Å². The number of carbonyl (C=O) groups excluding carboxylic acids is 2. The number of halogens is 1. The van der Waals surface area contributed by atoms with Crippen molar-refractivity contribution >= 4 is 34.4 Å². The van der Waals surface area contributed by atoms with Crippen LogP contribution in [0.1, 0.15) is 55.6 Å². The van der Waals surface area contributed by atoms with Crippen molar-refractivity contribution in [2.45, 2.75) is 52.7 Å². The predicted octanol–water partition coefficient (Wildman–Crippen LogP) is 4.50. The standard InChI is InChI=1S/C26H33IN2O3/c1-17(2)22(28-23(30)19-8-6-7-18(3)15-19)24(31)29-14-13-26(32,25(4,5)16-29)20-9-11-21(27)12-10-20/h6-12,15,17,22,32H,13-14,16H2,1-5H3,(H,28,30)/t22-,26+/m1/s1. The third kappa shape index (κ3) is 5.01. The molecule has 1 aliphatic rings. The third-order valence-electron chi connectivity index (χ3n) is 6.58. The van der Waals surface area contributed by atoms with Gasteiger partial charge in [-0.3, -0.25) is 9.59 Å². The summed E-state index contributed by atoms with van der Waals surface area (Å²) >= 11 is 2.25. The van der Waals surface area contributed by atoms with E-state index >= 15 is 0 Å². The van der Waals surface area contributed by atoms with Crippen LogP contribution < -0.4 is 5.32 Å². The van der Waals surface area contributed by atoms with Crippen LogP contribution in [0.25, 0.3) is 0 Å². The van der Waals surface area contributed by atoms with Crippen molar-refractivity contribution in [2.75, 3.05) is 13.1 Å². The minimum atomic E-state index is -1.02. The first-order valence-corrected chi connectivity index (χ1v) is 12.2. The van der Waals surface area contributed by atoms with Gasteiger partial charge in [0.2, 0.25) is 5.91 Å². The van der Waals surface area contributed by atoms with E-state index in [1.165, 1.54) is 0 Å². The largest absolute Gasteiger partial charge is 0.384 e. The molecule has 2 N–H and O–H groups in total. The zero-order valence-corrected chi connectivity index (χ0v) is 21.6. The van der Waals surface area contributed by atoms with Crippen LogP contribution in [0.15, 0.2) is 48.5 Å². The number of nitrogens with one attached hydrogen (secondary N) is 1. The molecule has 0 aromatic heterocycles. The number of hydrogen-bond acceptors (Lipinski definition) is 3. The minimum Gasteiger partial charge on any atom is -0.384 e. The number of nitrogens with zero attached hydrogens (tertiary/aromatic N) is 1. The highest BCUT2D eigenvalue weighted by Crippen LogP contribution is 2.46. The third-order valence-corrected chi connectivity index (χ3v) is 7.30. The van der Waals surface area contributed by atoms with Crippen LogP contribution in [0.4, 0.5) is 0 Å². The van der Waals surface area contributed by atoms with Crippen LogP contribution in [0.5, 0.6) is 0 Å². The molecule has 0 bridgehead atoms. The van der Waals surface area contributed by atoms with Gasteiger partial charge in [0.1, 0.15) is 6.04 Å². The van der Waals surface area contributed by atoms with Crippen LogP contribution >= 0.6 is 22.6 Å². The first-order valence-electron chi connectivity index (χ1n) is 11.1. The molecule has 0 saturated carbocycles. The topological polar surface area (TPSA) is 69.6 Å². The molecular weight excluding hydrogens is 515 g/mol. The Morgan fingerprint density at radius 1 is 1.12 bits per heavy atom. The smallest absolute Gasteiger partial charge is 0.251 e. The average molecular weight is 548 g/mol. The van der Waals surface area contributed by atoms with E-state index in [4.69, 9.17) is 0 Å². The number of likely N-dealkylation sites (tertiary alicyclic amines) is 1. The van der Waals surface area contributed by atoms with Gasteiger partial charge in [0, 0.05) is 27.6 Å². The number of amides is 2. The van der Waals surface area contributed by atoms with E-state index in [9.17, 15) is 14.7 Å². The van der Waals surface area contributed by atoms with Gasteiger partial charge in [-0.2, -0.15) is 0 Å². The monoisotopic (exact) mass is 548 g/mol. The number of hydrogen-bond donors (Lipinski definition) is 2. The molecule has 0 unspecified atom stereocenters. The van der Waals surface area contributed by atoms with Gasteiger partial charge in [0.15, 0.2) is 0 Å². The van der Waals surface area contributed by atoms with E-state index in [1.807, 2.05) is 77.1 Å².